The SMILES string of the molecule is CC(C#N)(CCOc1cccc(CO)c1)NC1CC1. The van der Waals surface area contributed by atoms with E-state index in [9.17, 15) is 5.26 Å². The summed E-state index contributed by atoms with van der Waals surface area (Å²) in [5.74, 6) is 0.735. The van der Waals surface area contributed by atoms with E-state index in [1.165, 1.54) is 0 Å². The fourth-order valence-corrected chi connectivity index (χ4v) is 1.95. The molecular formula is C15H20N2O2. The first kappa shape index (κ1) is 13.9. The number of hydrogen-bond acceptors (Lipinski definition) is 4. The number of aliphatic hydroxyl groups excluding tert-OH is 1. The molecule has 4 heteroatoms. The normalized spacial score (nSPS) is 17.5. The van der Waals surface area contributed by atoms with Crippen LogP contribution >= 0.6 is 0 Å². The highest BCUT2D eigenvalue weighted by Crippen LogP contribution is 2.24. The van der Waals surface area contributed by atoms with Gasteiger partial charge in [-0.05, 0) is 37.5 Å². The predicted molar refractivity (Wildman–Crippen MR) is 72.7 cm³/mol. The predicted octanol–water partition coefficient (Wildman–Crippen LogP) is 1.98. The summed E-state index contributed by atoms with van der Waals surface area (Å²) in [4.78, 5) is 0. The van der Waals surface area contributed by atoms with Gasteiger partial charge in [-0.3, -0.25) is 5.32 Å². The van der Waals surface area contributed by atoms with Crippen LogP contribution in [0.4, 0.5) is 0 Å². The first-order valence-electron chi connectivity index (χ1n) is 6.67. The van der Waals surface area contributed by atoms with Gasteiger partial charge in [-0.1, -0.05) is 12.1 Å². The molecule has 0 radical (unpaired) electrons. The third-order valence-corrected chi connectivity index (χ3v) is 3.30. The molecule has 0 spiro atoms. The standard InChI is InChI=1S/C15H20N2O2/c1-15(11-16,17-13-5-6-13)7-8-19-14-4-2-3-12(9-14)10-18/h2-4,9,13,17-18H,5-8,10H2,1H3. The lowest BCUT2D eigenvalue weighted by Crippen LogP contribution is -2.43. The highest BCUT2D eigenvalue weighted by molar-refractivity contribution is 5.28. The first-order valence-corrected chi connectivity index (χ1v) is 6.67. The van der Waals surface area contributed by atoms with E-state index in [4.69, 9.17) is 9.84 Å². The van der Waals surface area contributed by atoms with Gasteiger partial charge in [0.15, 0.2) is 0 Å². The fourth-order valence-electron chi connectivity index (χ4n) is 1.95. The summed E-state index contributed by atoms with van der Waals surface area (Å²) in [6, 6.07) is 10.2. The largest absolute Gasteiger partial charge is 0.493 e. The minimum Gasteiger partial charge on any atom is -0.493 e. The molecule has 1 fully saturated rings. The van der Waals surface area contributed by atoms with E-state index in [0.717, 1.165) is 24.2 Å². The Morgan fingerprint density at radius 1 is 1.53 bits per heavy atom. The number of benzene rings is 1. The maximum absolute atomic E-state index is 9.24. The zero-order valence-electron chi connectivity index (χ0n) is 11.2. The van der Waals surface area contributed by atoms with Crippen molar-refractivity contribution in [3.8, 4) is 11.8 Å². The van der Waals surface area contributed by atoms with Crippen LogP contribution in [-0.4, -0.2) is 23.3 Å². The molecule has 1 unspecified atom stereocenters. The Morgan fingerprint density at radius 2 is 2.32 bits per heavy atom. The number of nitrogens with one attached hydrogen (secondary N) is 1. The van der Waals surface area contributed by atoms with E-state index in [-0.39, 0.29) is 6.61 Å². The Balaban J connectivity index is 1.82. The molecule has 0 aromatic heterocycles. The summed E-state index contributed by atoms with van der Waals surface area (Å²) in [7, 11) is 0. The maximum atomic E-state index is 9.24. The van der Waals surface area contributed by atoms with Crippen LogP contribution in [0, 0.1) is 11.3 Å². The summed E-state index contributed by atoms with van der Waals surface area (Å²) in [6.45, 7) is 2.41. The Labute approximate surface area is 114 Å². The lowest BCUT2D eigenvalue weighted by molar-refractivity contribution is 0.262. The van der Waals surface area contributed by atoms with Gasteiger partial charge >= 0.3 is 0 Å². The van der Waals surface area contributed by atoms with Gasteiger partial charge in [-0.25, -0.2) is 0 Å². The Bertz CT molecular complexity index is 465. The van der Waals surface area contributed by atoms with Crippen molar-refractivity contribution in [2.24, 2.45) is 0 Å². The van der Waals surface area contributed by atoms with Crippen LogP contribution in [0.5, 0.6) is 5.75 Å². The summed E-state index contributed by atoms with van der Waals surface area (Å²) in [6.07, 6.45) is 2.97. The Kier molecular flexibility index (Phi) is 4.41. The zero-order chi connectivity index (χ0) is 13.7. The van der Waals surface area contributed by atoms with E-state index < -0.39 is 5.54 Å². The Hall–Kier alpha value is -1.57. The smallest absolute Gasteiger partial charge is 0.119 e. The van der Waals surface area contributed by atoms with Crippen molar-refractivity contribution in [2.75, 3.05) is 6.61 Å². The Morgan fingerprint density at radius 3 is 2.95 bits per heavy atom. The van der Waals surface area contributed by atoms with E-state index in [1.54, 1.807) is 0 Å². The molecule has 1 aliphatic carbocycles. The molecule has 0 aliphatic heterocycles. The van der Waals surface area contributed by atoms with Gasteiger partial charge in [-0.2, -0.15) is 5.26 Å². The molecule has 0 bridgehead atoms. The van der Waals surface area contributed by atoms with Crippen LogP contribution in [0.1, 0.15) is 31.7 Å². The highest BCUT2D eigenvalue weighted by atomic mass is 16.5. The van der Waals surface area contributed by atoms with Gasteiger partial charge in [0.25, 0.3) is 0 Å². The molecule has 0 heterocycles. The van der Waals surface area contributed by atoms with Crippen molar-refractivity contribution in [1.29, 1.82) is 5.26 Å². The highest BCUT2D eigenvalue weighted by Gasteiger charge is 2.32. The van der Waals surface area contributed by atoms with Crippen molar-refractivity contribution in [1.82, 2.24) is 5.32 Å². The molecule has 1 aromatic carbocycles. The van der Waals surface area contributed by atoms with Crippen molar-refractivity contribution < 1.29 is 9.84 Å². The molecule has 2 rings (SSSR count). The third kappa shape index (κ3) is 4.23. The van der Waals surface area contributed by atoms with Crippen LogP contribution in [0.15, 0.2) is 24.3 Å². The van der Waals surface area contributed by atoms with Gasteiger partial charge in [0.2, 0.25) is 0 Å². The average molecular weight is 260 g/mol. The van der Waals surface area contributed by atoms with Gasteiger partial charge in [0.1, 0.15) is 11.3 Å². The minimum atomic E-state index is -0.518. The van der Waals surface area contributed by atoms with Gasteiger partial charge < -0.3 is 9.84 Å². The average Bonchev–Trinajstić information content (AvgIpc) is 3.23. The van der Waals surface area contributed by atoms with Gasteiger partial charge in [0.05, 0.1) is 19.3 Å². The second-order valence-electron chi connectivity index (χ2n) is 5.27. The molecule has 1 aliphatic rings. The number of rotatable bonds is 7. The van der Waals surface area contributed by atoms with Crippen LogP contribution in [-0.2, 0) is 6.61 Å². The van der Waals surface area contributed by atoms with Gasteiger partial charge in [0, 0.05) is 12.5 Å². The van der Waals surface area contributed by atoms with E-state index in [1.807, 2.05) is 31.2 Å². The molecule has 102 valence electrons. The molecule has 0 saturated heterocycles. The maximum Gasteiger partial charge on any atom is 0.119 e. The molecule has 1 aromatic rings. The van der Waals surface area contributed by atoms with E-state index >= 15 is 0 Å². The zero-order valence-corrected chi connectivity index (χ0v) is 11.2. The second-order valence-corrected chi connectivity index (χ2v) is 5.27. The van der Waals surface area contributed by atoms with Crippen molar-refractivity contribution in [3.63, 3.8) is 0 Å². The summed E-state index contributed by atoms with van der Waals surface area (Å²) >= 11 is 0. The lowest BCUT2D eigenvalue weighted by Gasteiger charge is -2.23. The number of aliphatic hydroxyl groups is 1. The third-order valence-electron chi connectivity index (χ3n) is 3.30. The summed E-state index contributed by atoms with van der Waals surface area (Å²) in [5, 5.41) is 21.6. The number of nitrogens with zero attached hydrogens (tertiary/aromatic N) is 1. The topological polar surface area (TPSA) is 65.3 Å². The molecule has 2 N–H and O–H groups in total. The van der Waals surface area contributed by atoms with Crippen molar-refractivity contribution in [2.45, 2.75) is 44.4 Å². The van der Waals surface area contributed by atoms with Crippen molar-refractivity contribution >= 4 is 0 Å². The first-order chi connectivity index (χ1) is 9.15. The molecule has 0 amide bonds. The second kappa shape index (κ2) is 6.05. The number of nitriles is 1. The fraction of sp³-hybridized carbons (Fsp3) is 0.533. The molecule has 1 saturated carbocycles. The number of ether oxygens (including phenoxy) is 1. The van der Waals surface area contributed by atoms with Crippen LogP contribution in [0.3, 0.4) is 0 Å². The minimum absolute atomic E-state index is 0.0103. The molecule has 19 heavy (non-hydrogen) atoms. The van der Waals surface area contributed by atoms with Crippen molar-refractivity contribution in [3.05, 3.63) is 29.8 Å². The molecule has 4 nitrogen and oxygen atoms in total. The summed E-state index contributed by atoms with van der Waals surface area (Å²) < 4.78 is 5.65. The number of hydrogen-bond donors (Lipinski definition) is 2. The van der Waals surface area contributed by atoms with E-state index in [0.29, 0.717) is 19.1 Å². The monoisotopic (exact) mass is 260 g/mol. The van der Waals surface area contributed by atoms with Crippen LogP contribution < -0.4 is 10.1 Å². The lowest BCUT2D eigenvalue weighted by atomic mass is 10.0. The molecule has 1 atom stereocenters. The van der Waals surface area contributed by atoms with Crippen LogP contribution in [0.25, 0.3) is 0 Å². The van der Waals surface area contributed by atoms with Gasteiger partial charge in [-0.15, -0.1) is 0 Å². The van der Waals surface area contributed by atoms with Crippen LogP contribution in [0.2, 0.25) is 0 Å². The summed E-state index contributed by atoms with van der Waals surface area (Å²) in [5.41, 5.74) is 0.312. The van der Waals surface area contributed by atoms with E-state index in [2.05, 4.69) is 11.4 Å². The quantitative estimate of drug-likeness (QED) is 0.787. The molecular weight excluding hydrogens is 240 g/mol.